The highest BCUT2D eigenvalue weighted by Gasteiger charge is 2.26. The first kappa shape index (κ1) is 9.77. The lowest BCUT2D eigenvalue weighted by molar-refractivity contribution is -0.132. The molecule has 0 saturated heterocycles. The Hall–Kier alpha value is -1.77. The molecule has 0 aromatic heterocycles. The molecule has 78 valence electrons. The van der Waals surface area contributed by atoms with Crippen LogP contribution in [0, 0.1) is 11.8 Å². The minimum absolute atomic E-state index is 0.139. The summed E-state index contributed by atoms with van der Waals surface area (Å²) in [6.45, 7) is 0. The van der Waals surface area contributed by atoms with Gasteiger partial charge in [-0.25, -0.2) is 4.79 Å². The van der Waals surface area contributed by atoms with E-state index in [0.29, 0.717) is 5.76 Å². The highest BCUT2D eigenvalue weighted by atomic mass is 16.5. The van der Waals surface area contributed by atoms with Gasteiger partial charge in [0.05, 0.1) is 12.7 Å². The molecule has 0 amide bonds. The molecular weight excluding hydrogens is 192 g/mol. The number of allylic oxidation sites excluding steroid dienone is 6. The van der Waals surface area contributed by atoms with Crippen LogP contribution in [0.1, 0.15) is 0 Å². The Morgan fingerprint density at radius 2 is 1.87 bits per heavy atom. The van der Waals surface area contributed by atoms with E-state index in [4.69, 9.17) is 9.84 Å². The molecule has 0 saturated carbocycles. The molecular formula is C12H12O3. The summed E-state index contributed by atoms with van der Waals surface area (Å²) >= 11 is 0. The van der Waals surface area contributed by atoms with Gasteiger partial charge in [0.1, 0.15) is 5.76 Å². The van der Waals surface area contributed by atoms with Gasteiger partial charge in [0, 0.05) is 11.8 Å². The van der Waals surface area contributed by atoms with Gasteiger partial charge in [-0.2, -0.15) is 0 Å². The highest BCUT2D eigenvalue weighted by molar-refractivity contribution is 5.91. The molecule has 0 bridgehead atoms. The molecule has 2 rings (SSSR count). The van der Waals surface area contributed by atoms with E-state index in [1.54, 1.807) is 6.08 Å². The summed E-state index contributed by atoms with van der Waals surface area (Å²) in [6, 6.07) is 0. The molecule has 2 aliphatic carbocycles. The number of methoxy groups -OCH3 is 1. The topological polar surface area (TPSA) is 46.5 Å². The summed E-state index contributed by atoms with van der Waals surface area (Å²) in [5.41, 5.74) is 0.249. The lowest BCUT2D eigenvalue weighted by atomic mass is 9.82. The monoisotopic (exact) mass is 204 g/mol. The maximum Gasteiger partial charge on any atom is 0.339 e. The number of carboxylic acids is 1. The number of aliphatic carboxylic acids is 1. The van der Waals surface area contributed by atoms with Crippen LogP contribution in [0.4, 0.5) is 0 Å². The number of hydrogen-bond donors (Lipinski definition) is 1. The fourth-order valence-electron chi connectivity index (χ4n) is 1.87. The van der Waals surface area contributed by atoms with Gasteiger partial charge in [0.2, 0.25) is 0 Å². The van der Waals surface area contributed by atoms with E-state index in [1.807, 2.05) is 30.4 Å². The van der Waals surface area contributed by atoms with Gasteiger partial charge in [-0.15, -0.1) is 0 Å². The predicted octanol–water partition coefficient (Wildman–Crippen LogP) is 1.90. The SMILES string of the molecule is COC1=CC2C=CC=CC2C=C1C(=O)O. The van der Waals surface area contributed by atoms with Gasteiger partial charge in [-0.05, 0) is 6.08 Å². The number of ether oxygens (including phenoxy) is 1. The van der Waals surface area contributed by atoms with Crippen molar-refractivity contribution in [3.05, 3.63) is 47.8 Å². The molecule has 0 fully saturated rings. The zero-order valence-electron chi connectivity index (χ0n) is 8.38. The third kappa shape index (κ3) is 1.73. The minimum atomic E-state index is -0.940. The molecule has 0 radical (unpaired) electrons. The number of carbonyl (C=O) groups is 1. The molecule has 3 nitrogen and oxygen atoms in total. The van der Waals surface area contributed by atoms with Crippen molar-refractivity contribution in [2.75, 3.05) is 7.11 Å². The Morgan fingerprint density at radius 3 is 2.40 bits per heavy atom. The molecule has 2 unspecified atom stereocenters. The predicted molar refractivity (Wildman–Crippen MR) is 56.1 cm³/mol. The fourth-order valence-corrected chi connectivity index (χ4v) is 1.87. The Bertz CT molecular complexity index is 399. The van der Waals surface area contributed by atoms with Crippen LogP contribution in [0.15, 0.2) is 47.8 Å². The van der Waals surface area contributed by atoms with Crippen LogP contribution in [0.25, 0.3) is 0 Å². The van der Waals surface area contributed by atoms with Crippen molar-refractivity contribution in [2.45, 2.75) is 0 Å². The van der Waals surface area contributed by atoms with Crippen molar-refractivity contribution in [1.29, 1.82) is 0 Å². The second kappa shape index (κ2) is 3.77. The first-order chi connectivity index (χ1) is 7.22. The van der Waals surface area contributed by atoms with Gasteiger partial charge in [0.15, 0.2) is 0 Å². The molecule has 2 aliphatic rings. The second-order valence-corrected chi connectivity index (χ2v) is 3.55. The summed E-state index contributed by atoms with van der Waals surface area (Å²) in [5.74, 6) is -0.138. The maximum atomic E-state index is 11.0. The van der Waals surface area contributed by atoms with E-state index in [1.165, 1.54) is 7.11 Å². The van der Waals surface area contributed by atoms with Crippen LogP contribution in [-0.4, -0.2) is 18.2 Å². The molecule has 0 aromatic rings. The number of hydrogen-bond acceptors (Lipinski definition) is 2. The van der Waals surface area contributed by atoms with Crippen molar-refractivity contribution >= 4 is 5.97 Å². The van der Waals surface area contributed by atoms with E-state index >= 15 is 0 Å². The van der Waals surface area contributed by atoms with E-state index in [-0.39, 0.29) is 17.4 Å². The van der Waals surface area contributed by atoms with Gasteiger partial charge in [0.25, 0.3) is 0 Å². The van der Waals surface area contributed by atoms with Crippen LogP contribution < -0.4 is 0 Å². The second-order valence-electron chi connectivity index (χ2n) is 3.55. The lowest BCUT2D eigenvalue weighted by Crippen LogP contribution is -2.18. The van der Waals surface area contributed by atoms with E-state index in [2.05, 4.69) is 0 Å². The summed E-state index contributed by atoms with van der Waals surface area (Å²) in [7, 11) is 1.49. The van der Waals surface area contributed by atoms with Crippen LogP contribution >= 0.6 is 0 Å². The van der Waals surface area contributed by atoms with Crippen molar-refractivity contribution in [1.82, 2.24) is 0 Å². The molecule has 0 aromatic carbocycles. The van der Waals surface area contributed by atoms with Crippen molar-refractivity contribution < 1.29 is 14.6 Å². The number of fused-ring (bicyclic) bond motifs is 1. The van der Waals surface area contributed by atoms with Crippen LogP contribution in [0.2, 0.25) is 0 Å². The summed E-state index contributed by atoms with van der Waals surface area (Å²) in [6.07, 6.45) is 11.5. The van der Waals surface area contributed by atoms with Crippen molar-refractivity contribution in [3.63, 3.8) is 0 Å². The van der Waals surface area contributed by atoms with Crippen LogP contribution in [0.5, 0.6) is 0 Å². The highest BCUT2D eigenvalue weighted by Crippen LogP contribution is 2.32. The molecule has 1 N–H and O–H groups in total. The van der Waals surface area contributed by atoms with Crippen LogP contribution in [-0.2, 0) is 9.53 Å². The number of rotatable bonds is 2. The Balaban J connectivity index is 2.36. The first-order valence-corrected chi connectivity index (χ1v) is 4.78. The Kier molecular flexibility index (Phi) is 2.46. The summed E-state index contributed by atoms with van der Waals surface area (Å²) < 4.78 is 5.07. The maximum absolute atomic E-state index is 11.0. The molecule has 0 heterocycles. The van der Waals surface area contributed by atoms with Crippen molar-refractivity contribution in [3.8, 4) is 0 Å². The quantitative estimate of drug-likeness (QED) is 0.747. The zero-order valence-corrected chi connectivity index (χ0v) is 8.38. The van der Waals surface area contributed by atoms with Crippen molar-refractivity contribution in [2.24, 2.45) is 11.8 Å². The third-order valence-electron chi connectivity index (χ3n) is 2.64. The van der Waals surface area contributed by atoms with Crippen LogP contribution in [0.3, 0.4) is 0 Å². The summed E-state index contributed by atoms with van der Waals surface area (Å²) in [4.78, 5) is 11.0. The molecule has 15 heavy (non-hydrogen) atoms. The van der Waals surface area contributed by atoms with Gasteiger partial charge in [-0.1, -0.05) is 30.4 Å². The smallest absolute Gasteiger partial charge is 0.339 e. The van der Waals surface area contributed by atoms with Gasteiger partial charge < -0.3 is 9.84 Å². The zero-order chi connectivity index (χ0) is 10.8. The van der Waals surface area contributed by atoms with Gasteiger partial charge in [-0.3, -0.25) is 0 Å². The largest absolute Gasteiger partial charge is 0.496 e. The lowest BCUT2D eigenvalue weighted by Gasteiger charge is -2.24. The minimum Gasteiger partial charge on any atom is -0.496 e. The first-order valence-electron chi connectivity index (χ1n) is 4.78. The third-order valence-corrected chi connectivity index (χ3v) is 2.64. The van der Waals surface area contributed by atoms with E-state index in [9.17, 15) is 4.79 Å². The van der Waals surface area contributed by atoms with E-state index in [0.717, 1.165) is 0 Å². The van der Waals surface area contributed by atoms with Gasteiger partial charge >= 0.3 is 5.97 Å². The fraction of sp³-hybridized carbons (Fsp3) is 0.250. The average Bonchev–Trinajstić information content (AvgIpc) is 2.27. The Labute approximate surface area is 88.1 Å². The average molecular weight is 204 g/mol. The number of carboxylic acid groups (broad SMARTS) is 1. The normalized spacial score (nSPS) is 27.8. The van der Waals surface area contributed by atoms with E-state index < -0.39 is 5.97 Å². The Morgan fingerprint density at radius 1 is 1.27 bits per heavy atom. The molecule has 0 aliphatic heterocycles. The standard InChI is InChI=1S/C12H12O3/c1-15-11-7-9-5-3-2-4-8(9)6-10(11)12(13)14/h2-9H,1H3,(H,13,14). The molecule has 0 spiro atoms. The summed E-state index contributed by atoms with van der Waals surface area (Å²) in [5, 5.41) is 9.00. The molecule has 2 atom stereocenters. The molecule has 3 heteroatoms.